The Morgan fingerprint density at radius 3 is 1.59 bits per heavy atom. The Morgan fingerprint density at radius 1 is 0.514 bits per heavy atom. The molecule has 0 aliphatic heterocycles. The van der Waals surface area contributed by atoms with Crippen LogP contribution in [0.15, 0.2) is 121 Å². The highest BCUT2D eigenvalue weighted by Gasteiger charge is 2.34. The van der Waals surface area contributed by atoms with Gasteiger partial charge in [-0.1, -0.05) is 103 Å². The Kier molecular flexibility index (Phi) is 5.46. The first-order chi connectivity index (χ1) is 18.0. The molecule has 0 saturated heterocycles. The molecule has 0 spiro atoms. The lowest BCUT2D eigenvalue weighted by molar-refractivity contribution is 0.468. The van der Waals surface area contributed by atoms with Crippen LogP contribution in [0.2, 0.25) is 0 Å². The standard InChI is InChI=1S/C35H28O2/c1-23-17-19-33(36)29(21-23)30-22-26(18-20-34(30)37)35(2,31-15-7-11-24-9-3-5-13-27(24)31)32-16-8-12-25-10-4-6-14-28(25)32/h3-22,36-37H,1-2H3. The largest absolute Gasteiger partial charge is 0.507 e. The van der Waals surface area contributed by atoms with E-state index in [-0.39, 0.29) is 11.5 Å². The molecule has 0 unspecified atom stereocenters. The molecule has 6 rings (SSSR count). The van der Waals surface area contributed by atoms with Crippen LogP contribution in [0, 0.1) is 6.92 Å². The van der Waals surface area contributed by atoms with E-state index in [0.717, 1.165) is 11.1 Å². The molecule has 0 saturated carbocycles. The molecule has 37 heavy (non-hydrogen) atoms. The zero-order chi connectivity index (χ0) is 25.6. The van der Waals surface area contributed by atoms with Gasteiger partial charge in [-0.25, -0.2) is 0 Å². The third-order valence-electron chi connectivity index (χ3n) is 7.67. The Hall–Kier alpha value is -4.56. The number of rotatable bonds is 4. The number of aryl methyl sites for hydroxylation is 1. The molecule has 0 aromatic heterocycles. The predicted molar refractivity (Wildman–Crippen MR) is 153 cm³/mol. The number of benzene rings is 6. The van der Waals surface area contributed by atoms with Crippen LogP contribution in [0.5, 0.6) is 11.5 Å². The molecule has 0 heterocycles. The van der Waals surface area contributed by atoms with Gasteiger partial charge < -0.3 is 10.2 Å². The first-order valence-corrected chi connectivity index (χ1v) is 12.6. The van der Waals surface area contributed by atoms with Crippen molar-refractivity contribution >= 4 is 21.5 Å². The van der Waals surface area contributed by atoms with Crippen LogP contribution in [-0.2, 0) is 5.41 Å². The summed E-state index contributed by atoms with van der Waals surface area (Å²) in [5.41, 5.74) is 5.11. The maximum Gasteiger partial charge on any atom is 0.123 e. The van der Waals surface area contributed by atoms with Gasteiger partial charge in [-0.15, -0.1) is 0 Å². The minimum atomic E-state index is -0.552. The van der Waals surface area contributed by atoms with Crippen molar-refractivity contribution in [3.05, 3.63) is 144 Å². The fourth-order valence-corrected chi connectivity index (χ4v) is 5.71. The second-order valence-electron chi connectivity index (χ2n) is 9.93. The lowest BCUT2D eigenvalue weighted by Gasteiger charge is -2.34. The third-order valence-corrected chi connectivity index (χ3v) is 7.67. The van der Waals surface area contributed by atoms with E-state index in [1.165, 1.54) is 32.7 Å². The van der Waals surface area contributed by atoms with Crippen molar-refractivity contribution in [2.24, 2.45) is 0 Å². The summed E-state index contributed by atoms with van der Waals surface area (Å²) in [5, 5.41) is 26.4. The topological polar surface area (TPSA) is 40.5 Å². The number of phenols is 2. The number of hydrogen-bond acceptors (Lipinski definition) is 2. The van der Waals surface area contributed by atoms with Crippen molar-refractivity contribution in [2.45, 2.75) is 19.3 Å². The van der Waals surface area contributed by atoms with E-state index < -0.39 is 5.41 Å². The van der Waals surface area contributed by atoms with Crippen LogP contribution >= 0.6 is 0 Å². The second kappa shape index (κ2) is 8.83. The average Bonchev–Trinajstić information content (AvgIpc) is 2.93. The van der Waals surface area contributed by atoms with Crippen LogP contribution in [0.25, 0.3) is 32.7 Å². The van der Waals surface area contributed by atoms with Crippen molar-refractivity contribution in [3.63, 3.8) is 0 Å². The second-order valence-corrected chi connectivity index (χ2v) is 9.93. The fourth-order valence-electron chi connectivity index (χ4n) is 5.71. The molecule has 180 valence electrons. The molecule has 0 fully saturated rings. The quantitative estimate of drug-likeness (QED) is 0.248. The molecule has 2 nitrogen and oxygen atoms in total. The summed E-state index contributed by atoms with van der Waals surface area (Å²) >= 11 is 0. The van der Waals surface area contributed by atoms with E-state index in [9.17, 15) is 10.2 Å². The lowest BCUT2D eigenvalue weighted by atomic mass is 9.68. The predicted octanol–water partition coefficient (Wildman–Crippen LogP) is 8.73. The number of phenolic OH excluding ortho intramolecular Hbond substituents is 2. The highest BCUT2D eigenvalue weighted by Crippen LogP contribution is 2.47. The van der Waals surface area contributed by atoms with Gasteiger partial charge in [0.1, 0.15) is 11.5 Å². The third kappa shape index (κ3) is 3.73. The fraction of sp³-hybridized carbons (Fsp3) is 0.0857. The van der Waals surface area contributed by atoms with Gasteiger partial charge in [0.15, 0.2) is 0 Å². The van der Waals surface area contributed by atoms with Gasteiger partial charge in [0.05, 0.1) is 0 Å². The van der Waals surface area contributed by atoms with Crippen molar-refractivity contribution in [2.75, 3.05) is 0 Å². The SMILES string of the molecule is Cc1ccc(O)c(-c2cc(C(C)(c3cccc4ccccc34)c3cccc4ccccc34)ccc2O)c1. The average molecular weight is 481 g/mol. The van der Waals surface area contributed by atoms with Crippen LogP contribution in [0.1, 0.15) is 29.2 Å². The van der Waals surface area contributed by atoms with Crippen molar-refractivity contribution < 1.29 is 10.2 Å². The summed E-state index contributed by atoms with van der Waals surface area (Å²) < 4.78 is 0. The van der Waals surface area contributed by atoms with Crippen molar-refractivity contribution in [1.82, 2.24) is 0 Å². The molecular weight excluding hydrogens is 452 g/mol. The Labute approximate surface area is 217 Å². The molecule has 6 aromatic rings. The van der Waals surface area contributed by atoms with E-state index in [2.05, 4.69) is 91.9 Å². The number of aromatic hydroxyl groups is 2. The van der Waals surface area contributed by atoms with Crippen molar-refractivity contribution in [3.8, 4) is 22.6 Å². The summed E-state index contributed by atoms with van der Waals surface area (Å²) in [7, 11) is 0. The molecular formula is C35H28O2. The zero-order valence-electron chi connectivity index (χ0n) is 20.9. The minimum absolute atomic E-state index is 0.142. The monoisotopic (exact) mass is 480 g/mol. The number of fused-ring (bicyclic) bond motifs is 2. The maximum atomic E-state index is 10.9. The summed E-state index contributed by atoms with van der Waals surface area (Å²) in [6.45, 7) is 4.25. The molecule has 2 heteroatoms. The summed E-state index contributed by atoms with van der Waals surface area (Å²) in [4.78, 5) is 0. The highest BCUT2D eigenvalue weighted by atomic mass is 16.3. The number of hydrogen-bond donors (Lipinski definition) is 2. The smallest absolute Gasteiger partial charge is 0.123 e. The molecule has 2 N–H and O–H groups in total. The zero-order valence-corrected chi connectivity index (χ0v) is 20.9. The highest BCUT2D eigenvalue weighted by molar-refractivity contribution is 5.92. The van der Waals surface area contributed by atoms with E-state index in [1.807, 2.05) is 31.2 Å². The van der Waals surface area contributed by atoms with Crippen LogP contribution in [-0.4, -0.2) is 10.2 Å². The summed E-state index contributed by atoms with van der Waals surface area (Å²) in [6.07, 6.45) is 0. The van der Waals surface area contributed by atoms with Gasteiger partial charge >= 0.3 is 0 Å². The van der Waals surface area contributed by atoms with Crippen LogP contribution < -0.4 is 0 Å². The Morgan fingerprint density at radius 2 is 1.00 bits per heavy atom. The lowest BCUT2D eigenvalue weighted by Crippen LogP contribution is -2.26. The molecule has 0 aliphatic carbocycles. The molecule has 0 amide bonds. The van der Waals surface area contributed by atoms with Crippen LogP contribution in [0.3, 0.4) is 0 Å². The van der Waals surface area contributed by atoms with E-state index in [1.54, 1.807) is 12.1 Å². The van der Waals surface area contributed by atoms with Gasteiger partial charge in [-0.05, 0) is 76.3 Å². The molecule has 0 radical (unpaired) electrons. The normalized spacial score (nSPS) is 11.7. The van der Waals surface area contributed by atoms with Gasteiger partial charge in [-0.2, -0.15) is 0 Å². The Balaban J connectivity index is 1.71. The van der Waals surface area contributed by atoms with Gasteiger partial charge in [0.25, 0.3) is 0 Å². The molecule has 0 aliphatic rings. The van der Waals surface area contributed by atoms with E-state index >= 15 is 0 Å². The first kappa shape index (κ1) is 22.9. The minimum Gasteiger partial charge on any atom is -0.507 e. The van der Waals surface area contributed by atoms with Crippen molar-refractivity contribution in [1.29, 1.82) is 0 Å². The molecule has 0 atom stereocenters. The van der Waals surface area contributed by atoms with Gasteiger partial charge in [0, 0.05) is 16.5 Å². The van der Waals surface area contributed by atoms with E-state index in [0.29, 0.717) is 11.1 Å². The van der Waals surface area contributed by atoms with Crippen LogP contribution in [0.4, 0.5) is 0 Å². The van der Waals surface area contributed by atoms with Gasteiger partial charge in [0.2, 0.25) is 0 Å². The maximum absolute atomic E-state index is 10.9. The summed E-state index contributed by atoms with van der Waals surface area (Å²) in [5.74, 6) is 0.290. The summed E-state index contributed by atoms with van der Waals surface area (Å²) in [6, 6.07) is 41.2. The Bertz CT molecular complexity index is 1690. The molecule has 6 aromatic carbocycles. The first-order valence-electron chi connectivity index (χ1n) is 12.6. The van der Waals surface area contributed by atoms with E-state index in [4.69, 9.17) is 0 Å². The van der Waals surface area contributed by atoms with Gasteiger partial charge in [-0.3, -0.25) is 0 Å². The molecule has 0 bridgehead atoms.